The summed E-state index contributed by atoms with van der Waals surface area (Å²) in [6.07, 6.45) is 3.43. The summed E-state index contributed by atoms with van der Waals surface area (Å²) in [5.41, 5.74) is 2.30. The number of rotatable bonds is 5. The molecule has 92 valence electrons. The number of aromatic nitrogens is 2. The summed E-state index contributed by atoms with van der Waals surface area (Å²) >= 11 is 1.70. The summed E-state index contributed by atoms with van der Waals surface area (Å²) < 4.78 is 2.10. The Labute approximate surface area is 111 Å². The van der Waals surface area contributed by atoms with E-state index in [0.717, 1.165) is 23.0 Å². The van der Waals surface area contributed by atoms with E-state index >= 15 is 0 Å². The molecule has 0 aliphatic rings. The van der Waals surface area contributed by atoms with Crippen molar-refractivity contribution in [3.05, 3.63) is 36.5 Å². The van der Waals surface area contributed by atoms with Crippen LogP contribution in [0.3, 0.4) is 0 Å². The van der Waals surface area contributed by atoms with Gasteiger partial charge >= 0.3 is 0 Å². The lowest BCUT2D eigenvalue weighted by Gasteiger charge is -2.05. The topological polar surface area (TPSA) is 41.6 Å². The largest absolute Gasteiger partial charge is 0.322 e. The first kappa shape index (κ1) is 12.7. The Morgan fingerprint density at radius 1 is 1.33 bits per heavy atom. The Kier molecular flexibility index (Phi) is 4.43. The fourth-order valence-corrected chi connectivity index (χ4v) is 2.61. The molecule has 0 saturated carbocycles. The van der Waals surface area contributed by atoms with Crippen LogP contribution >= 0.6 is 11.8 Å². The molecule has 0 unspecified atom stereocenters. The van der Waals surface area contributed by atoms with Crippen LogP contribution in [0.5, 0.6) is 0 Å². The molecule has 2 rings (SSSR count). The van der Waals surface area contributed by atoms with E-state index in [1.54, 1.807) is 11.8 Å². The van der Waals surface area contributed by atoms with Gasteiger partial charge in [-0.3, -0.25) is 0 Å². The normalized spacial score (nSPS) is 10.2. The molecule has 0 N–H and O–H groups in total. The average Bonchev–Trinajstić information content (AvgIpc) is 2.77. The Balaban J connectivity index is 2.08. The maximum absolute atomic E-state index is 8.49. The molecule has 0 saturated heterocycles. The minimum atomic E-state index is 0.614. The second-order valence-corrected chi connectivity index (χ2v) is 5.02. The third-order valence-electron chi connectivity index (χ3n) is 2.68. The van der Waals surface area contributed by atoms with E-state index < -0.39 is 0 Å². The van der Waals surface area contributed by atoms with E-state index in [0.29, 0.717) is 6.42 Å². The lowest BCUT2D eigenvalue weighted by atomic mass is 10.2. The monoisotopic (exact) mass is 257 g/mol. The predicted octanol–water partition coefficient (Wildman–Crippen LogP) is 3.48. The van der Waals surface area contributed by atoms with Gasteiger partial charge in [0.05, 0.1) is 18.0 Å². The zero-order chi connectivity index (χ0) is 12.8. The summed E-state index contributed by atoms with van der Waals surface area (Å²) in [5, 5.41) is 9.50. The molecule has 0 bridgehead atoms. The van der Waals surface area contributed by atoms with Gasteiger partial charge in [-0.2, -0.15) is 5.26 Å². The molecule has 1 heterocycles. The van der Waals surface area contributed by atoms with E-state index in [2.05, 4.69) is 27.8 Å². The van der Waals surface area contributed by atoms with Gasteiger partial charge in [0.2, 0.25) is 0 Å². The first-order valence-electron chi connectivity index (χ1n) is 5.90. The molecule has 0 fully saturated rings. The van der Waals surface area contributed by atoms with E-state index in [9.17, 15) is 0 Å². The Hall–Kier alpha value is -1.73. The number of hydrogen-bond donors (Lipinski definition) is 0. The lowest BCUT2D eigenvalue weighted by molar-refractivity contribution is 0.795. The van der Waals surface area contributed by atoms with Gasteiger partial charge in [0.25, 0.3) is 0 Å². The molecular weight excluding hydrogens is 242 g/mol. The van der Waals surface area contributed by atoms with Crippen molar-refractivity contribution in [2.24, 2.45) is 7.05 Å². The fourth-order valence-electron chi connectivity index (χ4n) is 1.72. The number of hydrogen-bond acceptors (Lipinski definition) is 3. The molecule has 0 aliphatic carbocycles. The van der Waals surface area contributed by atoms with Crippen LogP contribution < -0.4 is 0 Å². The number of unbranched alkanes of at least 4 members (excludes halogenated alkanes) is 1. The quantitative estimate of drug-likeness (QED) is 0.608. The minimum Gasteiger partial charge on any atom is -0.322 e. The molecule has 2 aromatic rings. The SMILES string of the molecule is Cn1c(-c2ccccc2)cnc1SCCCC#N. The molecule has 0 amide bonds. The number of nitrogens with zero attached hydrogens (tertiary/aromatic N) is 3. The van der Waals surface area contributed by atoms with Crippen LogP contribution in [-0.2, 0) is 7.05 Å². The lowest BCUT2D eigenvalue weighted by Crippen LogP contribution is -1.94. The molecule has 1 aromatic heterocycles. The van der Waals surface area contributed by atoms with Gasteiger partial charge in [0, 0.05) is 19.2 Å². The Morgan fingerprint density at radius 2 is 2.11 bits per heavy atom. The van der Waals surface area contributed by atoms with Crippen LogP contribution in [0, 0.1) is 11.3 Å². The highest BCUT2D eigenvalue weighted by molar-refractivity contribution is 7.99. The van der Waals surface area contributed by atoms with E-state index in [4.69, 9.17) is 5.26 Å². The predicted molar refractivity (Wildman–Crippen MR) is 74.2 cm³/mol. The van der Waals surface area contributed by atoms with Crippen LogP contribution in [0.2, 0.25) is 0 Å². The highest BCUT2D eigenvalue weighted by Crippen LogP contribution is 2.24. The third kappa shape index (κ3) is 2.93. The zero-order valence-corrected chi connectivity index (χ0v) is 11.2. The van der Waals surface area contributed by atoms with Crippen LogP contribution in [0.1, 0.15) is 12.8 Å². The average molecular weight is 257 g/mol. The van der Waals surface area contributed by atoms with Crippen molar-refractivity contribution in [2.45, 2.75) is 18.0 Å². The van der Waals surface area contributed by atoms with Crippen molar-refractivity contribution in [3.63, 3.8) is 0 Å². The Morgan fingerprint density at radius 3 is 2.83 bits per heavy atom. The summed E-state index contributed by atoms with van der Waals surface area (Å²) in [7, 11) is 2.03. The van der Waals surface area contributed by atoms with Crippen LogP contribution in [-0.4, -0.2) is 15.3 Å². The highest BCUT2D eigenvalue weighted by Gasteiger charge is 2.08. The molecule has 1 aromatic carbocycles. The smallest absolute Gasteiger partial charge is 0.168 e. The van der Waals surface area contributed by atoms with Gasteiger partial charge in [0.15, 0.2) is 5.16 Å². The minimum absolute atomic E-state index is 0.614. The summed E-state index contributed by atoms with van der Waals surface area (Å²) in [6, 6.07) is 12.4. The number of imidazole rings is 1. The maximum Gasteiger partial charge on any atom is 0.168 e. The summed E-state index contributed by atoms with van der Waals surface area (Å²) in [4.78, 5) is 4.43. The second-order valence-electron chi connectivity index (χ2n) is 3.96. The molecule has 0 atom stereocenters. The zero-order valence-electron chi connectivity index (χ0n) is 10.3. The number of nitriles is 1. The van der Waals surface area contributed by atoms with E-state index in [1.165, 1.54) is 5.56 Å². The fraction of sp³-hybridized carbons (Fsp3) is 0.286. The Bertz CT molecular complexity index is 540. The molecule has 0 spiro atoms. The maximum atomic E-state index is 8.49. The summed E-state index contributed by atoms with van der Waals surface area (Å²) in [5.74, 6) is 0.937. The van der Waals surface area contributed by atoms with Gasteiger partial charge in [-0.05, 0) is 12.0 Å². The van der Waals surface area contributed by atoms with E-state index in [-0.39, 0.29) is 0 Å². The van der Waals surface area contributed by atoms with Gasteiger partial charge < -0.3 is 4.57 Å². The first-order valence-corrected chi connectivity index (χ1v) is 6.88. The molecule has 3 nitrogen and oxygen atoms in total. The molecule has 0 radical (unpaired) electrons. The van der Waals surface area contributed by atoms with Crippen LogP contribution in [0.15, 0.2) is 41.7 Å². The van der Waals surface area contributed by atoms with Gasteiger partial charge in [-0.1, -0.05) is 42.1 Å². The molecule has 0 aliphatic heterocycles. The molecular formula is C14H15N3S. The van der Waals surface area contributed by atoms with Crippen molar-refractivity contribution >= 4 is 11.8 Å². The second kappa shape index (κ2) is 6.27. The van der Waals surface area contributed by atoms with E-state index in [1.807, 2.05) is 31.4 Å². The standard InChI is InChI=1S/C14H15N3S/c1-17-13(12-7-3-2-4-8-12)11-16-14(17)18-10-6-5-9-15/h2-4,7-8,11H,5-6,10H2,1H3. The third-order valence-corrected chi connectivity index (χ3v) is 3.81. The molecule has 18 heavy (non-hydrogen) atoms. The number of benzene rings is 1. The molecule has 4 heteroatoms. The van der Waals surface area contributed by atoms with Crippen molar-refractivity contribution in [1.29, 1.82) is 5.26 Å². The number of thioether (sulfide) groups is 1. The van der Waals surface area contributed by atoms with Crippen LogP contribution in [0.25, 0.3) is 11.3 Å². The van der Waals surface area contributed by atoms with Crippen LogP contribution in [0.4, 0.5) is 0 Å². The van der Waals surface area contributed by atoms with Crippen molar-refractivity contribution in [3.8, 4) is 17.3 Å². The highest BCUT2D eigenvalue weighted by atomic mass is 32.2. The van der Waals surface area contributed by atoms with Gasteiger partial charge in [-0.25, -0.2) is 4.98 Å². The first-order chi connectivity index (χ1) is 8.83. The summed E-state index contributed by atoms with van der Waals surface area (Å²) in [6.45, 7) is 0. The van der Waals surface area contributed by atoms with Crippen molar-refractivity contribution in [2.75, 3.05) is 5.75 Å². The van der Waals surface area contributed by atoms with Gasteiger partial charge in [0.1, 0.15) is 0 Å². The van der Waals surface area contributed by atoms with Gasteiger partial charge in [-0.15, -0.1) is 0 Å². The van der Waals surface area contributed by atoms with Crippen molar-refractivity contribution in [1.82, 2.24) is 9.55 Å². The van der Waals surface area contributed by atoms with Crippen molar-refractivity contribution < 1.29 is 0 Å².